The molecule has 0 atom stereocenters. The maximum absolute atomic E-state index is 13.6. The van der Waals surface area contributed by atoms with Gasteiger partial charge in [-0.3, -0.25) is 0 Å². The summed E-state index contributed by atoms with van der Waals surface area (Å²) >= 11 is 0. The zero-order valence-corrected chi connectivity index (χ0v) is 10.0. The first kappa shape index (κ1) is 11.0. The SMILES string of the molecule is COc1c(F)ccc2c1NC(C)(C)C=C2C. The van der Waals surface area contributed by atoms with E-state index in [-0.39, 0.29) is 17.1 Å². The lowest BCUT2D eigenvalue weighted by Gasteiger charge is -2.32. The third-order valence-corrected chi connectivity index (χ3v) is 2.76. The number of fused-ring (bicyclic) bond motifs is 1. The number of hydrogen-bond donors (Lipinski definition) is 1. The third-order valence-electron chi connectivity index (χ3n) is 2.76. The molecule has 1 aliphatic heterocycles. The molecule has 0 fully saturated rings. The van der Waals surface area contributed by atoms with Gasteiger partial charge < -0.3 is 10.1 Å². The fourth-order valence-electron chi connectivity index (χ4n) is 2.19. The first-order valence-electron chi connectivity index (χ1n) is 5.29. The summed E-state index contributed by atoms with van der Waals surface area (Å²) in [5, 5.41) is 3.29. The van der Waals surface area contributed by atoms with Gasteiger partial charge in [-0.05, 0) is 38.5 Å². The van der Waals surface area contributed by atoms with Crippen LogP contribution in [0.15, 0.2) is 18.2 Å². The quantitative estimate of drug-likeness (QED) is 0.784. The molecule has 1 aromatic carbocycles. The molecule has 0 aromatic heterocycles. The van der Waals surface area contributed by atoms with Crippen LogP contribution in [0.2, 0.25) is 0 Å². The molecule has 0 spiro atoms. The monoisotopic (exact) mass is 221 g/mol. The Hall–Kier alpha value is -1.51. The van der Waals surface area contributed by atoms with E-state index in [0.29, 0.717) is 0 Å². The van der Waals surface area contributed by atoms with Crippen molar-refractivity contribution < 1.29 is 9.13 Å². The minimum Gasteiger partial charge on any atom is -0.492 e. The van der Waals surface area contributed by atoms with Gasteiger partial charge in [0.2, 0.25) is 0 Å². The summed E-state index contributed by atoms with van der Waals surface area (Å²) in [4.78, 5) is 0. The van der Waals surface area contributed by atoms with Gasteiger partial charge in [-0.15, -0.1) is 0 Å². The molecule has 0 bridgehead atoms. The molecule has 86 valence electrons. The van der Waals surface area contributed by atoms with E-state index in [1.807, 2.05) is 20.8 Å². The number of ether oxygens (including phenoxy) is 1. The molecule has 1 N–H and O–H groups in total. The molecule has 0 amide bonds. The summed E-state index contributed by atoms with van der Waals surface area (Å²) in [5.74, 6) is -0.0442. The molecule has 0 radical (unpaired) electrons. The van der Waals surface area contributed by atoms with Crippen LogP contribution in [0, 0.1) is 5.82 Å². The fourth-order valence-corrected chi connectivity index (χ4v) is 2.19. The van der Waals surface area contributed by atoms with Crippen molar-refractivity contribution in [2.45, 2.75) is 26.3 Å². The molecule has 16 heavy (non-hydrogen) atoms. The maximum Gasteiger partial charge on any atom is 0.178 e. The number of anilines is 1. The second kappa shape index (κ2) is 3.51. The molecule has 0 aliphatic carbocycles. The first-order chi connectivity index (χ1) is 7.44. The van der Waals surface area contributed by atoms with Gasteiger partial charge in [0.15, 0.2) is 11.6 Å². The summed E-state index contributed by atoms with van der Waals surface area (Å²) in [7, 11) is 1.49. The zero-order chi connectivity index (χ0) is 11.9. The highest BCUT2D eigenvalue weighted by molar-refractivity contribution is 5.83. The number of benzene rings is 1. The van der Waals surface area contributed by atoms with E-state index in [1.54, 1.807) is 6.07 Å². The zero-order valence-electron chi connectivity index (χ0n) is 10.0. The van der Waals surface area contributed by atoms with Crippen LogP contribution in [0.25, 0.3) is 5.57 Å². The van der Waals surface area contributed by atoms with Crippen LogP contribution in [0.4, 0.5) is 10.1 Å². The summed E-state index contributed by atoms with van der Waals surface area (Å²) < 4.78 is 18.7. The minimum absolute atomic E-state index is 0.182. The van der Waals surface area contributed by atoms with Gasteiger partial charge in [-0.1, -0.05) is 6.08 Å². The summed E-state index contributed by atoms with van der Waals surface area (Å²) in [6.45, 7) is 6.12. The maximum atomic E-state index is 13.6. The molecule has 0 unspecified atom stereocenters. The molecule has 1 aromatic rings. The number of methoxy groups -OCH3 is 1. The van der Waals surface area contributed by atoms with Crippen LogP contribution in [-0.2, 0) is 0 Å². The molecular formula is C13H16FNO. The van der Waals surface area contributed by atoms with Gasteiger partial charge in [-0.2, -0.15) is 0 Å². The molecule has 0 saturated heterocycles. The number of halogens is 1. The lowest BCUT2D eigenvalue weighted by atomic mass is 9.91. The minimum atomic E-state index is -0.334. The highest BCUT2D eigenvalue weighted by Gasteiger charge is 2.26. The van der Waals surface area contributed by atoms with Gasteiger partial charge in [0.25, 0.3) is 0 Å². The molecule has 1 heterocycles. The van der Waals surface area contributed by atoms with Crippen LogP contribution in [0.3, 0.4) is 0 Å². The molecule has 2 rings (SSSR count). The molecule has 1 aliphatic rings. The van der Waals surface area contributed by atoms with Gasteiger partial charge in [0, 0.05) is 5.56 Å². The number of hydrogen-bond acceptors (Lipinski definition) is 2. The second-order valence-electron chi connectivity index (χ2n) is 4.68. The van der Waals surface area contributed by atoms with Gasteiger partial charge in [-0.25, -0.2) is 4.39 Å². The Bertz CT molecular complexity index is 463. The largest absolute Gasteiger partial charge is 0.492 e. The molecule has 0 saturated carbocycles. The van der Waals surface area contributed by atoms with Gasteiger partial charge >= 0.3 is 0 Å². The van der Waals surface area contributed by atoms with E-state index >= 15 is 0 Å². The van der Waals surface area contributed by atoms with E-state index in [0.717, 1.165) is 16.8 Å². The summed E-state index contributed by atoms with van der Waals surface area (Å²) in [5.41, 5.74) is 2.69. The van der Waals surface area contributed by atoms with E-state index in [1.165, 1.54) is 13.2 Å². The van der Waals surface area contributed by atoms with E-state index < -0.39 is 0 Å². The average molecular weight is 221 g/mol. The van der Waals surface area contributed by atoms with Crippen molar-refractivity contribution in [3.05, 3.63) is 29.6 Å². The lowest BCUT2D eigenvalue weighted by Crippen LogP contribution is -2.31. The van der Waals surface area contributed by atoms with Crippen LogP contribution in [0.1, 0.15) is 26.3 Å². The van der Waals surface area contributed by atoms with Gasteiger partial charge in [0.1, 0.15) is 0 Å². The highest BCUT2D eigenvalue weighted by Crippen LogP contribution is 2.40. The summed E-state index contributed by atoms with van der Waals surface area (Å²) in [6.07, 6.45) is 2.13. The van der Waals surface area contributed by atoms with E-state index in [2.05, 4.69) is 11.4 Å². The predicted octanol–water partition coefficient (Wildman–Crippen LogP) is 3.44. The Labute approximate surface area is 95.1 Å². The first-order valence-corrected chi connectivity index (χ1v) is 5.29. The van der Waals surface area contributed by atoms with E-state index in [4.69, 9.17) is 4.74 Å². The molecular weight excluding hydrogens is 205 g/mol. The van der Waals surface area contributed by atoms with Crippen molar-refractivity contribution >= 4 is 11.3 Å². The van der Waals surface area contributed by atoms with Crippen LogP contribution in [-0.4, -0.2) is 12.6 Å². The Kier molecular flexibility index (Phi) is 2.41. The number of allylic oxidation sites excluding steroid dienone is 1. The molecule has 2 nitrogen and oxygen atoms in total. The highest BCUT2D eigenvalue weighted by atomic mass is 19.1. The third kappa shape index (κ3) is 1.66. The fraction of sp³-hybridized carbons (Fsp3) is 0.385. The average Bonchev–Trinajstić information content (AvgIpc) is 2.15. The van der Waals surface area contributed by atoms with Crippen LogP contribution in [0.5, 0.6) is 5.75 Å². The van der Waals surface area contributed by atoms with Crippen molar-refractivity contribution in [1.29, 1.82) is 0 Å². The van der Waals surface area contributed by atoms with Crippen molar-refractivity contribution in [3.63, 3.8) is 0 Å². The van der Waals surface area contributed by atoms with Crippen molar-refractivity contribution in [2.75, 3.05) is 12.4 Å². The standard InChI is InChI=1S/C13H16FNO/c1-8-7-13(2,3)15-11-9(8)5-6-10(14)12(11)16-4/h5-7,15H,1-4H3. The number of nitrogens with one attached hydrogen (secondary N) is 1. The summed E-state index contributed by atoms with van der Waals surface area (Å²) in [6, 6.07) is 3.22. The lowest BCUT2D eigenvalue weighted by molar-refractivity contribution is 0.387. The molecule has 3 heteroatoms. The van der Waals surface area contributed by atoms with Crippen LogP contribution < -0.4 is 10.1 Å². The Morgan fingerprint density at radius 1 is 1.31 bits per heavy atom. The number of rotatable bonds is 1. The smallest absolute Gasteiger partial charge is 0.178 e. The second-order valence-corrected chi connectivity index (χ2v) is 4.68. The Balaban J connectivity index is 2.65. The normalized spacial score (nSPS) is 17.2. The van der Waals surface area contributed by atoms with Crippen LogP contribution >= 0.6 is 0 Å². The van der Waals surface area contributed by atoms with Crippen molar-refractivity contribution in [3.8, 4) is 5.75 Å². The predicted molar refractivity (Wildman–Crippen MR) is 64.3 cm³/mol. The van der Waals surface area contributed by atoms with Crippen molar-refractivity contribution in [1.82, 2.24) is 0 Å². The van der Waals surface area contributed by atoms with Gasteiger partial charge in [0.05, 0.1) is 18.3 Å². The topological polar surface area (TPSA) is 21.3 Å². The Morgan fingerprint density at radius 3 is 2.62 bits per heavy atom. The van der Waals surface area contributed by atoms with E-state index in [9.17, 15) is 4.39 Å². The van der Waals surface area contributed by atoms with Crippen molar-refractivity contribution in [2.24, 2.45) is 0 Å². The Morgan fingerprint density at radius 2 is 2.00 bits per heavy atom.